The number of nitrogens with zero attached hydrogens (tertiary/aromatic N) is 1. The standard InChI is InChI=1S/C13H18N2OS/c1-4-6-10(11-7-5-8-17-11)15-12(16)13(2,3)9-14/h5,7-8,10H,4,6H2,1-3H3,(H,15,16). The summed E-state index contributed by atoms with van der Waals surface area (Å²) in [5.41, 5.74) is -0.969. The van der Waals surface area contributed by atoms with Gasteiger partial charge in [-0.2, -0.15) is 5.26 Å². The zero-order valence-electron chi connectivity index (χ0n) is 10.5. The largest absolute Gasteiger partial charge is 0.347 e. The lowest BCUT2D eigenvalue weighted by Crippen LogP contribution is -2.38. The topological polar surface area (TPSA) is 52.9 Å². The van der Waals surface area contributed by atoms with E-state index in [0.717, 1.165) is 17.7 Å². The quantitative estimate of drug-likeness (QED) is 0.872. The van der Waals surface area contributed by atoms with Crippen molar-refractivity contribution in [1.82, 2.24) is 5.32 Å². The van der Waals surface area contributed by atoms with Crippen LogP contribution >= 0.6 is 11.3 Å². The van der Waals surface area contributed by atoms with E-state index in [2.05, 4.69) is 12.2 Å². The van der Waals surface area contributed by atoms with Crippen molar-refractivity contribution >= 4 is 17.2 Å². The molecule has 0 aromatic carbocycles. The second-order valence-corrected chi connectivity index (χ2v) is 5.55. The lowest BCUT2D eigenvalue weighted by Gasteiger charge is -2.21. The Morgan fingerprint density at radius 3 is 2.82 bits per heavy atom. The highest BCUT2D eigenvalue weighted by molar-refractivity contribution is 7.10. The van der Waals surface area contributed by atoms with Crippen LogP contribution in [0, 0.1) is 16.7 Å². The van der Waals surface area contributed by atoms with Gasteiger partial charge in [0.15, 0.2) is 0 Å². The van der Waals surface area contributed by atoms with Gasteiger partial charge in [-0.05, 0) is 31.7 Å². The number of rotatable bonds is 5. The van der Waals surface area contributed by atoms with E-state index >= 15 is 0 Å². The molecule has 1 aromatic heterocycles. The molecule has 0 radical (unpaired) electrons. The molecule has 0 bridgehead atoms. The minimum absolute atomic E-state index is 0.0279. The molecule has 4 heteroatoms. The number of amides is 1. The van der Waals surface area contributed by atoms with E-state index in [1.54, 1.807) is 25.2 Å². The molecular weight excluding hydrogens is 232 g/mol. The first-order valence-electron chi connectivity index (χ1n) is 5.77. The lowest BCUT2D eigenvalue weighted by atomic mass is 9.94. The first-order chi connectivity index (χ1) is 8.01. The summed E-state index contributed by atoms with van der Waals surface area (Å²) in [5.74, 6) is -0.202. The first kappa shape index (κ1) is 13.7. The Labute approximate surface area is 106 Å². The fourth-order valence-corrected chi connectivity index (χ4v) is 2.27. The van der Waals surface area contributed by atoms with E-state index in [9.17, 15) is 4.79 Å². The number of thiophene rings is 1. The predicted molar refractivity (Wildman–Crippen MR) is 69.5 cm³/mol. The van der Waals surface area contributed by atoms with Gasteiger partial charge >= 0.3 is 0 Å². The molecule has 1 atom stereocenters. The molecular formula is C13H18N2OS. The van der Waals surface area contributed by atoms with Gasteiger partial charge in [0, 0.05) is 4.88 Å². The van der Waals surface area contributed by atoms with Gasteiger partial charge in [-0.15, -0.1) is 11.3 Å². The van der Waals surface area contributed by atoms with Crippen LogP contribution in [0.1, 0.15) is 44.5 Å². The monoisotopic (exact) mass is 250 g/mol. The van der Waals surface area contributed by atoms with E-state index in [1.165, 1.54) is 0 Å². The first-order valence-corrected chi connectivity index (χ1v) is 6.65. The van der Waals surface area contributed by atoms with E-state index in [4.69, 9.17) is 5.26 Å². The van der Waals surface area contributed by atoms with Gasteiger partial charge in [0.1, 0.15) is 5.41 Å². The molecule has 3 nitrogen and oxygen atoms in total. The van der Waals surface area contributed by atoms with Gasteiger partial charge in [0.2, 0.25) is 5.91 Å². The fraction of sp³-hybridized carbons (Fsp3) is 0.538. The molecule has 0 saturated carbocycles. The number of carbonyl (C=O) groups excluding carboxylic acids is 1. The van der Waals surface area contributed by atoms with Gasteiger partial charge < -0.3 is 5.32 Å². The Morgan fingerprint density at radius 1 is 1.65 bits per heavy atom. The SMILES string of the molecule is CCCC(NC(=O)C(C)(C)C#N)c1cccs1. The minimum Gasteiger partial charge on any atom is -0.347 e. The summed E-state index contributed by atoms with van der Waals surface area (Å²) < 4.78 is 0. The number of nitrogens with one attached hydrogen (secondary N) is 1. The van der Waals surface area contributed by atoms with Crippen LogP contribution in [0.5, 0.6) is 0 Å². The summed E-state index contributed by atoms with van der Waals surface area (Å²) in [6.45, 7) is 5.36. The summed E-state index contributed by atoms with van der Waals surface area (Å²) in [5, 5.41) is 13.9. The maximum Gasteiger partial charge on any atom is 0.240 e. The molecule has 0 aliphatic carbocycles. The Balaban J connectivity index is 2.76. The van der Waals surface area contributed by atoms with Crippen molar-refractivity contribution in [2.24, 2.45) is 5.41 Å². The third-order valence-corrected chi connectivity index (χ3v) is 3.60. The van der Waals surface area contributed by atoms with Crippen LogP contribution in [0.4, 0.5) is 0 Å². The second-order valence-electron chi connectivity index (χ2n) is 4.57. The van der Waals surface area contributed by atoms with Crippen LogP contribution in [0.25, 0.3) is 0 Å². The van der Waals surface area contributed by atoms with Crippen LogP contribution < -0.4 is 5.32 Å². The van der Waals surface area contributed by atoms with Crippen LogP contribution in [0.2, 0.25) is 0 Å². The predicted octanol–water partition coefficient (Wildman–Crippen LogP) is 3.26. The van der Waals surface area contributed by atoms with Crippen molar-refractivity contribution in [2.75, 3.05) is 0 Å². The molecule has 0 fully saturated rings. The summed E-state index contributed by atoms with van der Waals surface area (Å²) in [6.07, 6.45) is 1.89. The highest BCUT2D eigenvalue weighted by Gasteiger charge is 2.29. The molecule has 92 valence electrons. The Kier molecular flexibility index (Phi) is 4.71. The van der Waals surface area contributed by atoms with Gasteiger partial charge in [0.25, 0.3) is 0 Å². The molecule has 1 unspecified atom stereocenters. The molecule has 1 aromatic rings. The van der Waals surface area contributed by atoms with Crippen LogP contribution in [0.3, 0.4) is 0 Å². The zero-order chi connectivity index (χ0) is 12.9. The number of carbonyl (C=O) groups is 1. The van der Waals surface area contributed by atoms with Crippen molar-refractivity contribution < 1.29 is 4.79 Å². The van der Waals surface area contributed by atoms with Gasteiger partial charge in [-0.25, -0.2) is 0 Å². The number of hydrogen-bond acceptors (Lipinski definition) is 3. The Hall–Kier alpha value is -1.34. The highest BCUT2D eigenvalue weighted by Crippen LogP contribution is 2.25. The van der Waals surface area contributed by atoms with Gasteiger partial charge in [-0.1, -0.05) is 19.4 Å². The molecule has 0 aliphatic heterocycles. The second kappa shape index (κ2) is 5.83. The van der Waals surface area contributed by atoms with Crippen molar-refractivity contribution in [3.63, 3.8) is 0 Å². The van der Waals surface area contributed by atoms with E-state index in [1.807, 2.05) is 23.6 Å². The highest BCUT2D eigenvalue weighted by atomic mass is 32.1. The smallest absolute Gasteiger partial charge is 0.240 e. The average Bonchev–Trinajstić information content (AvgIpc) is 2.81. The molecule has 17 heavy (non-hydrogen) atoms. The molecule has 0 aliphatic rings. The van der Waals surface area contributed by atoms with Crippen molar-refractivity contribution in [2.45, 2.75) is 39.7 Å². The van der Waals surface area contributed by atoms with Crippen LogP contribution in [-0.4, -0.2) is 5.91 Å². The van der Waals surface area contributed by atoms with E-state index < -0.39 is 5.41 Å². The van der Waals surface area contributed by atoms with Gasteiger partial charge in [0.05, 0.1) is 12.1 Å². The molecule has 0 saturated heterocycles. The van der Waals surface area contributed by atoms with Crippen LogP contribution in [-0.2, 0) is 4.79 Å². The summed E-state index contributed by atoms with van der Waals surface area (Å²) in [4.78, 5) is 13.1. The Bertz CT molecular complexity index is 404. The molecule has 0 spiro atoms. The Morgan fingerprint density at radius 2 is 2.35 bits per heavy atom. The van der Waals surface area contributed by atoms with Gasteiger partial charge in [-0.3, -0.25) is 4.79 Å². The third kappa shape index (κ3) is 3.57. The molecule has 1 N–H and O–H groups in total. The lowest BCUT2D eigenvalue weighted by molar-refractivity contribution is -0.127. The molecule has 1 amide bonds. The average molecular weight is 250 g/mol. The number of hydrogen-bond donors (Lipinski definition) is 1. The summed E-state index contributed by atoms with van der Waals surface area (Å²) in [7, 11) is 0. The van der Waals surface area contributed by atoms with Crippen molar-refractivity contribution in [1.29, 1.82) is 5.26 Å². The van der Waals surface area contributed by atoms with E-state index in [-0.39, 0.29) is 11.9 Å². The zero-order valence-corrected chi connectivity index (χ0v) is 11.3. The maximum absolute atomic E-state index is 11.9. The van der Waals surface area contributed by atoms with Crippen molar-refractivity contribution in [3.05, 3.63) is 22.4 Å². The molecule has 1 rings (SSSR count). The summed E-state index contributed by atoms with van der Waals surface area (Å²) in [6, 6.07) is 6.05. The van der Waals surface area contributed by atoms with Crippen molar-refractivity contribution in [3.8, 4) is 6.07 Å². The van der Waals surface area contributed by atoms with E-state index in [0.29, 0.717) is 0 Å². The minimum atomic E-state index is -0.969. The fourth-order valence-electron chi connectivity index (χ4n) is 1.45. The normalized spacial score (nSPS) is 12.8. The summed E-state index contributed by atoms with van der Waals surface area (Å²) >= 11 is 1.63. The third-order valence-electron chi connectivity index (χ3n) is 2.62. The number of nitriles is 1. The maximum atomic E-state index is 11.9. The molecule has 1 heterocycles. The van der Waals surface area contributed by atoms with Crippen LogP contribution in [0.15, 0.2) is 17.5 Å².